The topological polar surface area (TPSA) is 48.5 Å². The van der Waals surface area contributed by atoms with Crippen LogP contribution >= 0.6 is 0 Å². The van der Waals surface area contributed by atoms with Crippen LogP contribution in [0.25, 0.3) is 17.0 Å². The summed E-state index contributed by atoms with van der Waals surface area (Å²) in [4.78, 5) is 3.38. The van der Waals surface area contributed by atoms with Gasteiger partial charge in [0.2, 0.25) is 0 Å². The number of ether oxygens (including phenoxy) is 1. The zero-order valence-corrected chi connectivity index (χ0v) is 10.7. The van der Waals surface area contributed by atoms with Gasteiger partial charge >= 0.3 is 0 Å². The van der Waals surface area contributed by atoms with Crippen molar-refractivity contribution >= 4 is 17.0 Å². The van der Waals surface area contributed by atoms with Gasteiger partial charge in [0.25, 0.3) is 0 Å². The summed E-state index contributed by atoms with van der Waals surface area (Å²) in [7, 11) is 1.66. The van der Waals surface area contributed by atoms with Gasteiger partial charge in [-0.3, -0.25) is 10.3 Å². The fourth-order valence-electron chi connectivity index (χ4n) is 2.43. The normalized spacial score (nSPS) is 17.0. The summed E-state index contributed by atoms with van der Waals surface area (Å²) < 4.78 is 5.23. The monoisotopic (exact) mass is 244 g/mol. The molecule has 2 N–H and O–H groups in total. The molecule has 1 aliphatic rings. The quantitative estimate of drug-likeness (QED) is 0.810. The molecule has 0 spiro atoms. The first-order valence-corrected chi connectivity index (χ1v) is 5.90. The number of hydroxylamine groups is 2. The molecule has 18 heavy (non-hydrogen) atoms. The Morgan fingerprint density at radius 1 is 1.33 bits per heavy atom. The van der Waals surface area contributed by atoms with E-state index in [4.69, 9.17) is 4.74 Å². The summed E-state index contributed by atoms with van der Waals surface area (Å²) in [6, 6.07) is 5.96. The highest BCUT2D eigenvalue weighted by atomic mass is 16.5. The van der Waals surface area contributed by atoms with E-state index in [-0.39, 0.29) is 0 Å². The molecule has 0 bridgehead atoms. The average Bonchev–Trinajstić information content (AvgIpc) is 2.73. The van der Waals surface area contributed by atoms with Crippen LogP contribution in [0.4, 0.5) is 0 Å². The maximum atomic E-state index is 9.91. The van der Waals surface area contributed by atoms with Crippen molar-refractivity contribution in [1.82, 2.24) is 10.0 Å². The highest BCUT2D eigenvalue weighted by molar-refractivity contribution is 5.92. The third-order valence-electron chi connectivity index (χ3n) is 3.61. The summed E-state index contributed by atoms with van der Waals surface area (Å²) in [6.45, 7) is 3.95. The van der Waals surface area contributed by atoms with Gasteiger partial charge < -0.3 is 9.72 Å². The van der Waals surface area contributed by atoms with Crippen molar-refractivity contribution in [3.05, 3.63) is 35.7 Å². The second-order valence-electron chi connectivity index (χ2n) is 5.04. The number of fused-ring (bicyclic) bond motifs is 3. The van der Waals surface area contributed by atoms with Crippen LogP contribution in [0, 0.1) is 0 Å². The molecule has 94 valence electrons. The van der Waals surface area contributed by atoms with E-state index in [0.717, 1.165) is 27.9 Å². The minimum atomic E-state index is -0.462. The van der Waals surface area contributed by atoms with Crippen molar-refractivity contribution in [2.75, 3.05) is 7.11 Å². The number of rotatable bonds is 1. The van der Waals surface area contributed by atoms with E-state index in [0.29, 0.717) is 0 Å². The lowest BCUT2D eigenvalue weighted by atomic mass is 9.93. The fraction of sp³-hybridized carbons (Fsp3) is 0.286. The Bertz CT molecular complexity index is 641. The molecule has 0 unspecified atom stereocenters. The Labute approximate surface area is 105 Å². The largest absolute Gasteiger partial charge is 0.497 e. The second kappa shape index (κ2) is 3.53. The number of methoxy groups -OCH3 is 1. The van der Waals surface area contributed by atoms with Gasteiger partial charge in [-0.15, -0.1) is 0 Å². The van der Waals surface area contributed by atoms with Crippen molar-refractivity contribution in [3.8, 4) is 5.75 Å². The Kier molecular flexibility index (Phi) is 2.19. The summed E-state index contributed by atoms with van der Waals surface area (Å²) in [5, 5.41) is 12.3. The van der Waals surface area contributed by atoms with Crippen molar-refractivity contribution < 1.29 is 9.94 Å². The van der Waals surface area contributed by atoms with Crippen LogP contribution in [0.1, 0.15) is 25.1 Å². The summed E-state index contributed by atoms with van der Waals surface area (Å²) in [5.74, 6) is 0.823. The van der Waals surface area contributed by atoms with E-state index in [1.807, 2.05) is 38.1 Å². The predicted octanol–water partition coefficient (Wildman–Crippen LogP) is 3.09. The molecule has 4 heteroatoms. The Morgan fingerprint density at radius 3 is 2.83 bits per heavy atom. The first-order valence-electron chi connectivity index (χ1n) is 5.90. The van der Waals surface area contributed by atoms with Crippen LogP contribution in [-0.4, -0.2) is 22.4 Å². The van der Waals surface area contributed by atoms with Crippen molar-refractivity contribution in [1.29, 1.82) is 0 Å². The predicted molar refractivity (Wildman–Crippen MR) is 70.5 cm³/mol. The number of aromatic amines is 1. The molecule has 0 saturated heterocycles. The lowest BCUT2D eigenvalue weighted by molar-refractivity contribution is -0.123. The van der Waals surface area contributed by atoms with Gasteiger partial charge in [0, 0.05) is 28.7 Å². The molecule has 2 aromatic rings. The van der Waals surface area contributed by atoms with Crippen LogP contribution in [0.5, 0.6) is 5.75 Å². The number of hydrogen-bond acceptors (Lipinski definition) is 3. The number of hydrogen-bond donors (Lipinski definition) is 2. The standard InChI is InChI=1S/C14H16N2O2/c1-14(2)13-11(6-7-16(14)17)10-5-4-9(18-3)8-12(10)15-13/h4-8,15,17H,1-3H3. The third-order valence-corrected chi connectivity index (χ3v) is 3.61. The zero-order valence-electron chi connectivity index (χ0n) is 10.7. The van der Waals surface area contributed by atoms with Crippen LogP contribution in [0.2, 0.25) is 0 Å². The molecular weight excluding hydrogens is 228 g/mol. The number of H-pyrrole nitrogens is 1. The van der Waals surface area contributed by atoms with Crippen molar-refractivity contribution in [2.45, 2.75) is 19.4 Å². The smallest absolute Gasteiger partial charge is 0.120 e. The first kappa shape index (κ1) is 11.2. The minimum absolute atomic E-state index is 0.462. The van der Waals surface area contributed by atoms with Gasteiger partial charge in [-0.05, 0) is 32.1 Å². The molecule has 1 aromatic carbocycles. The fourth-order valence-corrected chi connectivity index (χ4v) is 2.43. The van der Waals surface area contributed by atoms with Crippen LogP contribution in [-0.2, 0) is 5.54 Å². The molecular formula is C14H16N2O2. The zero-order chi connectivity index (χ0) is 12.9. The molecule has 1 aromatic heterocycles. The maximum absolute atomic E-state index is 9.91. The van der Waals surface area contributed by atoms with E-state index >= 15 is 0 Å². The summed E-state index contributed by atoms with van der Waals surface area (Å²) >= 11 is 0. The molecule has 0 fully saturated rings. The van der Waals surface area contributed by atoms with Crippen LogP contribution in [0.3, 0.4) is 0 Å². The van der Waals surface area contributed by atoms with E-state index in [9.17, 15) is 5.21 Å². The van der Waals surface area contributed by atoms with Crippen LogP contribution < -0.4 is 4.74 Å². The molecule has 0 saturated carbocycles. The van der Waals surface area contributed by atoms with Gasteiger partial charge in [0.15, 0.2) is 0 Å². The number of aromatic nitrogens is 1. The van der Waals surface area contributed by atoms with Gasteiger partial charge in [0.05, 0.1) is 12.8 Å². The molecule has 1 aliphatic heterocycles. The van der Waals surface area contributed by atoms with E-state index in [1.165, 1.54) is 5.06 Å². The molecule has 0 aliphatic carbocycles. The summed E-state index contributed by atoms with van der Waals surface area (Å²) in [6.07, 6.45) is 3.62. The van der Waals surface area contributed by atoms with E-state index < -0.39 is 5.54 Å². The van der Waals surface area contributed by atoms with Gasteiger partial charge in [0.1, 0.15) is 11.3 Å². The molecule has 3 rings (SSSR count). The number of benzene rings is 1. The lowest BCUT2D eigenvalue weighted by Gasteiger charge is -2.35. The van der Waals surface area contributed by atoms with E-state index in [2.05, 4.69) is 4.98 Å². The minimum Gasteiger partial charge on any atom is -0.497 e. The Balaban J connectivity index is 2.29. The molecule has 2 heterocycles. The third kappa shape index (κ3) is 1.36. The highest BCUT2D eigenvalue weighted by Gasteiger charge is 2.33. The summed E-state index contributed by atoms with van der Waals surface area (Å²) in [5.41, 5.74) is 2.70. The van der Waals surface area contributed by atoms with Gasteiger partial charge in [-0.25, -0.2) is 0 Å². The van der Waals surface area contributed by atoms with Gasteiger partial charge in [-0.1, -0.05) is 0 Å². The maximum Gasteiger partial charge on any atom is 0.120 e. The SMILES string of the molecule is COc1ccc2c3c([nH]c2c1)C(C)(C)N(O)C=C3. The molecule has 0 atom stereocenters. The van der Waals surface area contributed by atoms with E-state index in [1.54, 1.807) is 13.3 Å². The number of nitrogens with zero attached hydrogens (tertiary/aromatic N) is 1. The van der Waals surface area contributed by atoms with Crippen molar-refractivity contribution in [2.24, 2.45) is 0 Å². The molecule has 0 amide bonds. The average molecular weight is 244 g/mol. The second-order valence-corrected chi connectivity index (χ2v) is 5.04. The lowest BCUT2D eigenvalue weighted by Crippen LogP contribution is -2.37. The first-order chi connectivity index (χ1) is 8.54. The van der Waals surface area contributed by atoms with Gasteiger partial charge in [-0.2, -0.15) is 0 Å². The number of nitrogens with one attached hydrogen (secondary N) is 1. The Hall–Kier alpha value is -1.94. The molecule has 0 radical (unpaired) electrons. The Morgan fingerprint density at radius 2 is 2.11 bits per heavy atom. The highest BCUT2D eigenvalue weighted by Crippen LogP contribution is 2.38. The van der Waals surface area contributed by atoms with Crippen molar-refractivity contribution in [3.63, 3.8) is 0 Å². The van der Waals surface area contributed by atoms with Crippen LogP contribution in [0.15, 0.2) is 24.4 Å². The molecule has 4 nitrogen and oxygen atoms in total.